The number of aldehydes is 1. The molecular formula is C32H42O13. The monoisotopic (exact) mass is 634 g/mol. The van der Waals surface area contributed by atoms with Crippen molar-refractivity contribution in [2.24, 2.45) is 0 Å². The Balaban J connectivity index is 0.000000259. The van der Waals surface area contributed by atoms with Crippen LogP contribution in [0.25, 0.3) is 6.08 Å². The molecule has 8 atom stereocenters. The fourth-order valence-electron chi connectivity index (χ4n) is 4.39. The summed E-state index contributed by atoms with van der Waals surface area (Å²) < 4.78 is 20.3. The van der Waals surface area contributed by atoms with Gasteiger partial charge >= 0.3 is 0 Å². The number of carbonyl (C=O) groups excluding carboxylic acids is 3. The number of benzene rings is 2. The van der Waals surface area contributed by atoms with Crippen molar-refractivity contribution in [3.63, 3.8) is 0 Å². The molecular weight excluding hydrogens is 592 g/mol. The van der Waals surface area contributed by atoms with E-state index in [2.05, 4.69) is 0 Å². The van der Waals surface area contributed by atoms with Gasteiger partial charge in [-0.15, -0.1) is 0 Å². The predicted molar refractivity (Wildman–Crippen MR) is 161 cm³/mol. The minimum Gasteiger partial charge on any atom is -0.496 e. The molecule has 0 bridgehead atoms. The Morgan fingerprint density at radius 3 is 1.62 bits per heavy atom. The summed E-state index contributed by atoms with van der Waals surface area (Å²) >= 11 is 0. The summed E-state index contributed by atoms with van der Waals surface area (Å²) in [4.78, 5) is 33.0. The summed E-state index contributed by atoms with van der Waals surface area (Å²) in [6, 6.07) is 14.4. The molecule has 248 valence electrons. The van der Waals surface area contributed by atoms with Crippen molar-refractivity contribution in [2.45, 2.75) is 68.6 Å². The molecule has 2 aromatic rings. The molecule has 45 heavy (non-hydrogen) atoms. The Hall–Kier alpha value is -3.53. The van der Waals surface area contributed by atoms with Crippen LogP contribution in [0, 0.1) is 0 Å². The van der Waals surface area contributed by atoms with E-state index >= 15 is 0 Å². The number of methoxy groups -OCH3 is 2. The Morgan fingerprint density at radius 2 is 1.18 bits per heavy atom. The fraction of sp³-hybridized carbons (Fsp3) is 0.469. The smallest absolute Gasteiger partial charge is 0.158 e. The molecule has 0 aliphatic carbocycles. The number of allylic oxidation sites excluding steroid dienone is 1. The topological polar surface area (TPSA) is 210 Å². The molecule has 0 saturated carbocycles. The van der Waals surface area contributed by atoms with E-state index in [0.29, 0.717) is 17.1 Å². The summed E-state index contributed by atoms with van der Waals surface area (Å²) in [6.07, 6.45) is -4.96. The quantitative estimate of drug-likeness (QED) is 0.160. The van der Waals surface area contributed by atoms with Gasteiger partial charge in [0.2, 0.25) is 0 Å². The molecule has 0 radical (unpaired) electrons. The molecule has 2 saturated heterocycles. The summed E-state index contributed by atoms with van der Waals surface area (Å²) in [5, 5.41) is 56.4. The molecule has 0 aromatic heterocycles. The predicted octanol–water partition coefficient (Wildman–Crippen LogP) is 0.104. The van der Waals surface area contributed by atoms with Crippen LogP contribution in [0.5, 0.6) is 11.5 Å². The maximum Gasteiger partial charge on any atom is 0.158 e. The molecule has 0 unspecified atom stereocenters. The number of rotatable bonds is 9. The number of aliphatic hydroxyl groups is 6. The first-order valence-corrected chi connectivity index (χ1v) is 14.2. The summed E-state index contributed by atoms with van der Waals surface area (Å²) in [5.74, 6) is 0.905. The van der Waals surface area contributed by atoms with Gasteiger partial charge in [0, 0.05) is 18.4 Å². The molecule has 2 heterocycles. The Bertz CT molecular complexity index is 1250. The molecule has 0 spiro atoms. The van der Waals surface area contributed by atoms with E-state index in [-0.39, 0.29) is 37.6 Å². The van der Waals surface area contributed by atoms with Crippen LogP contribution in [0.1, 0.15) is 35.7 Å². The van der Waals surface area contributed by atoms with E-state index < -0.39 is 48.8 Å². The van der Waals surface area contributed by atoms with Gasteiger partial charge in [0.25, 0.3) is 0 Å². The molecule has 2 aliphatic heterocycles. The highest BCUT2D eigenvalue weighted by molar-refractivity contribution is 5.94. The summed E-state index contributed by atoms with van der Waals surface area (Å²) in [5.41, 5.74) is 1.35. The lowest BCUT2D eigenvalue weighted by Gasteiger charge is -2.34. The third kappa shape index (κ3) is 11.7. The summed E-state index contributed by atoms with van der Waals surface area (Å²) in [7, 11) is 3.09. The highest BCUT2D eigenvalue weighted by Crippen LogP contribution is 2.21. The number of ether oxygens (including phenoxy) is 4. The Morgan fingerprint density at radius 1 is 0.733 bits per heavy atom. The number of aliphatic hydroxyl groups excluding tert-OH is 6. The van der Waals surface area contributed by atoms with Crippen molar-refractivity contribution < 1.29 is 64.0 Å². The second-order valence-electron chi connectivity index (χ2n) is 10.4. The van der Waals surface area contributed by atoms with Crippen LogP contribution in [-0.4, -0.2) is 125 Å². The minimum atomic E-state index is -1.30. The van der Waals surface area contributed by atoms with Crippen molar-refractivity contribution in [3.8, 4) is 11.5 Å². The molecule has 13 nitrogen and oxygen atoms in total. The second kappa shape index (κ2) is 19.1. The average Bonchev–Trinajstić information content (AvgIpc) is 3.04. The first-order valence-electron chi connectivity index (χ1n) is 14.2. The zero-order valence-electron chi connectivity index (χ0n) is 25.3. The minimum absolute atomic E-state index is 0.0455. The van der Waals surface area contributed by atoms with Gasteiger partial charge in [-0.1, -0.05) is 30.3 Å². The van der Waals surface area contributed by atoms with E-state index in [9.17, 15) is 39.9 Å². The molecule has 2 aromatic carbocycles. The number of Topliss-reactive ketones (excluding diaryl/α,β-unsaturated/α-hetero) is 1. The van der Waals surface area contributed by atoms with Gasteiger partial charge in [0.15, 0.2) is 12.1 Å². The van der Waals surface area contributed by atoms with E-state index in [4.69, 9.17) is 24.1 Å². The highest BCUT2D eigenvalue weighted by atomic mass is 16.5. The molecule has 2 fully saturated rings. The number of ketones is 2. The first kappa shape index (κ1) is 37.7. The van der Waals surface area contributed by atoms with Crippen molar-refractivity contribution in [1.29, 1.82) is 0 Å². The van der Waals surface area contributed by atoms with Crippen LogP contribution in [0.3, 0.4) is 0 Å². The highest BCUT2D eigenvalue weighted by Gasteiger charge is 2.38. The fourth-order valence-corrected chi connectivity index (χ4v) is 4.39. The molecule has 0 amide bonds. The second-order valence-corrected chi connectivity index (χ2v) is 10.4. The van der Waals surface area contributed by atoms with Crippen LogP contribution in [0.4, 0.5) is 0 Å². The number of carbonyl (C=O) groups is 3. The van der Waals surface area contributed by atoms with E-state index in [1.807, 2.05) is 24.3 Å². The lowest BCUT2D eigenvalue weighted by molar-refractivity contribution is -0.188. The van der Waals surface area contributed by atoms with Crippen LogP contribution < -0.4 is 9.47 Å². The van der Waals surface area contributed by atoms with Gasteiger partial charge < -0.3 is 49.6 Å². The van der Waals surface area contributed by atoms with E-state index in [1.54, 1.807) is 44.6 Å². The van der Waals surface area contributed by atoms with Gasteiger partial charge in [0.1, 0.15) is 53.9 Å². The zero-order chi connectivity index (χ0) is 33.5. The molecule has 4 rings (SSSR count). The van der Waals surface area contributed by atoms with Crippen LogP contribution in [0.2, 0.25) is 0 Å². The van der Waals surface area contributed by atoms with E-state index in [1.165, 1.54) is 13.0 Å². The Kier molecular flexibility index (Phi) is 16.0. The molecule has 2 aliphatic rings. The average molecular weight is 635 g/mol. The van der Waals surface area contributed by atoms with Crippen LogP contribution in [0.15, 0.2) is 54.6 Å². The van der Waals surface area contributed by atoms with Crippen molar-refractivity contribution in [3.05, 3.63) is 65.7 Å². The van der Waals surface area contributed by atoms with Gasteiger partial charge in [-0.25, -0.2) is 0 Å². The summed E-state index contributed by atoms with van der Waals surface area (Å²) in [6.45, 7) is 1.23. The SMILES string of the molecule is CC(=O)C[C@@H]1OC[C@@H](O)[C@H](O)[C@H]1O.COc1ccccc1/C=C/C(=O)C[C@@H]1OC[C@@H](O)[C@H](O)[C@H]1O.COc1ccccc1C=O. The van der Waals surface area contributed by atoms with Gasteiger partial charge in [-0.05, 0) is 37.3 Å². The molecule has 6 N–H and O–H groups in total. The van der Waals surface area contributed by atoms with Crippen molar-refractivity contribution in [2.75, 3.05) is 27.4 Å². The third-order valence-corrected chi connectivity index (χ3v) is 6.96. The van der Waals surface area contributed by atoms with E-state index in [0.717, 1.165) is 11.8 Å². The van der Waals surface area contributed by atoms with Crippen molar-refractivity contribution >= 4 is 23.9 Å². The zero-order valence-corrected chi connectivity index (χ0v) is 25.3. The number of hydrogen-bond acceptors (Lipinski definition) is 13. The van der Waals surface area contributed by atoms with Crippen LogP contribution >= 0.6 is 0 Å². The third-order valence-electron chi connectivity index (χ3n) is 6.96. The Labute approximate surface area is 261 Å². The lowest BCUT2D eigenvalue weighted by Crippen LogP contribution is -2.53. The lowest BCUT2D eigenvalue weighted by atomic mass is 9.96. The van der Waals surface area contributed by atoms with Crippen molar-refractivity contribution in [1.82, 2.24) is 0 Å². The maximum atomic E-state index is 12.0. The maximum absolute atomic E-state index is 12.0. The largest absolute Gasteiger partial charge is 0.496 e. The molecule has 13 heteroatoms. The first-order chi connectivity index (χ1) is 21.4. The number of para-hydroxylation sites is 2. The van der Waals surface area contributed by atoms with Gasteiger partial charge in [0.05, 0.1) is 45.2 Å². The van der Waals surface area contributed by atoms with Gasteiger partial charge in [-0.2, -0.15) is 0 Å². The normalized spacial score (nSPS) is 27.7. The number of hydrogen-bond donors (Lipinski definition) is 6. The standard InChI is InChI=1S/C16H20O6.C8H14O5.C8H8O2/c1-21-13-5-3-2-4-10(13)6-7-11(17)8-14-16(20)15(19)12(18)9-22-14;1-4(9)2-6-8(12)7(11)5(10)3-13-6;1-10-8-5-3-2-4-7(8)6-9/h2-7,12,14-16,18-20H,8-9H2,1H3;5-8,10-12H,2-3H2,1H3;2-6H,1H3/b7-6+;;/t12-,14+,15+,16+;5-,6+,7+,8+;/m11./s1. The van der Waals surface area contributed by atoms with Gasteiger partial charge in [-0.3, -0.25) is 14.4 Å². The van der Waals surface area contributed by atoms with Crippen LogP contribution in [-0.2, 0) is 19.1 Å².